The summed E-state index contributed by atoms with van der Waals surface area (Å²) < 4.78 is 11.0. The van der Waals surface area contributed by atoms with E-state index in [1.54, 1.807) is 0 Å². The summed E-state index contributed by atoms with van der Waals surface area (Å²) >= 11 is 0. The molecule has 4 heteroatoms. The fourth-order valence-electron chi connectivity index (χ4n) is 5.43. The van der Waals surface area contributed by atoms with Gasteiger partial charge in [0, 0.05) is 6.42 Å². The molecule has 0 fully saturated rings. The molecule has 0 amide bonds. The maximum Gasteiger partial charge on any atom is 0.309 e. The lowest BCUT2D eigenvalue weighted by Crippen LogP contribution is -2.33. The Bertz CT molecular complexity index is 581. The molecule has 0 heterocycles. The SMILES string of the molecule is CC(C)CCOC(=O)CCCCCCCCCCCCCCCC(C(C)C)C(C(=O)OCCC(C)C)C(C)C. The number of unbranched alkanes of at least 4 members (excludes halogenated alkanes) is 12. The Morgan fingerprint density at radius 3 is 1.31 bits per heavy atom. The first-order valence-electron chi connectivity index (χ1n) is 16.9. The number of carbonyl (C=O) groups is 2. The van der Waals surface area contributed by atoms with Crippen LogP contribution in [0.2, 0.25) is 0 Å². The van der Waals surface area contributed by atoms with Crippen LogP contribution in [0.25, 0.3) is 0 Å². The molecule has 0 radical (unpaired) electrons. The van der Waals surface area contributed by atoms with Crippen LogP contribution in [0.15, 0.2) is 0 Å². The Balaban J connectivity index is 3.80. The Morgan fingerprint density at radius 1 is 0.487 bits per heavy atom. The van der Waals surface area contributed by atoms with Gasteiger partial charge in [-0.05, 0) is 55.3 Å². The lowest BCUT2D eigenvalue weighted by molar-refractivity contribution is -0.154. The largest absolute Gasteiger partial charge is 0.466 e. The van der Waals surface area contributed by atoms with E-state index in [1.807, 2.05) is 0 Å². The number of ether oxygens (including phenoxy) is 2. The molecule has 0 aromatic carbocycles. The molecule has 232 valence electrons. The van der Waals surface area contributed by atoms with Crippen LogP contribution in [0.3, 0.4) is 0 Å². The number of carbonyl (C=O) groups excluding carboxylic acids is 2. The summed E-state index contributed by atoms with van der Waals surface area (Å²) in [6, 6.07) is 0. The summed E-state index contributed by atoms with van der Waals surface area (Å²) in [6.45, 7) is 18.7. The quantitative estimate of drug-likeness (QED) is 0.0791. The van der Waals surface area contributed by atoms with Crippen LogP contribution in [0.5, 0.6) is 0 Å². The van der Waals surface area contributed by atoms with E-state index in [9.17, 15) is 9.59 Å². The van der Waals surface area contributed by atoms with Crippen LogP contribution in [-0.2, 0) is 19.1 Å². The molecule has 0 aliphatic rings. The van der Waals surface area contributed by atoms with Gasteiger partial charge in [0.25, 0.3) is 0 Å². The van der Waals surface area contributed by atoms with E-state index in [-0.39, 0.29) is 17.9 Å². The second kappa shape index (κ2) is 24.7. The van der Waals surface area contributed by atoms with Gasteiger partial charge in [0.2, 0.25) is 0 Å². The summed E-state index contributed by atoms with van der Waals surface area (Å²) in [5.74, 6) is 2.43. The van der Waals surface area contributed by atoms with E-state index in [1.165, 1.54) is 70.6 Å². The maximum atomic E-state index is 12.9. The van der Waals surface area contributed by atoms with Crippen LogP contribution >= 0.6 is 0 Å². The Kier molecular flexibility index (Phi) is 24.0. The zero-order valence-electron chi connectivity index (χ0n) is 27.5. The highest BCUT2D eigenvalue weighted by Crippen LogP contribution is 2.33. The first-order chi connectivity index (χ1) is 18.6. The highest BCUT2D eigenvalue weighted by molar-refractivity contribution is 5.73. The summed E-state index contributed by atoms with van der Waals surface area (Å²) in [7, 11) is 0. The van der Waals surface area contributed by atoms with Crippen molar-refractivity contribution in [3.63, 3.8) is 0 Å². The molecule has 39 heavy (non-hydrogen) atoms. The minimum absolute atomic E-state index is 0.0210. The van der Waals surface area contributed by atoms with Gasteiger partial charge in [-0.2, -0.15) is 0 Å². The summed E-state index contributed by atoms with van der Waals surface area (Å²) in [6.07, 6.45) is 20.2. The molecule has 2 atom stereocenters. The predicted octanol–water partition coefficient (Wildman–Crippen LogP) is 10.6. The molecule has 0 spiro atoms. The standard InChI is InChI=1S/C35H68O4/c1-28(2)24-26-38-33(36)23-21-19-17-15-13-11-9-10-12-14-16-18-20-22-32(30(5)6)34(31(7)8)35(37)39-27-25-29(3)4/h28-32,34H,9-27H2,1-8H3. The molecule has 0 saturated carbocycles. The van der Waals surface area contributed by atoms with E-state index < -0.39 is 0 Å². The summed E-state index contributed by atoms with van der Waals surface area (Å²) in [4.78, 5) is 24.6. The molecule has 0 saturated heterocycles. The molecular weight excluding hydrogens is 484 g/mol. The number of rotatable bonds is 26. The Hall–Kier alpha value is -1.06. The fourth-order valence-corrected chi connectivity index (χ4v) is 5.43. The third kappa shape index (κ3) is 22.3. The highest BCUT2D eigenvalue weighted by atomic mass is 16.5. The number of esters is 2. The third-order valence-electron chi connectivity index (χ3n) is 8.12. The van der Waals surface area contributed by atoms with E-state index in [0.717, 1.165) is 32.1 Å². The summed E-state index contributed by atoms with van der Waals surface area (Å²) in [5.41, 5.74) is 0. The van der Waals surface area contributed by atoms with Crippen molar-refractivity contribution in [3.05, 3.63) is 0 Å². The summed E-state index contributed by atoms with van der Waals surface area (Å²) in [5, 5.41) is 0. The van der Waals surface area contributed by atoms with E-state index >= 15 is 0 Å². The zero-order chi connectivity index (χ0) is 29.5. The van der Waals surface area contributed by atoms with Gasteiger partial charge in [0.05, 0.1) is 19.1 Å². The van der Waals surface area contributed by atoms with Crippen LogP contribution in [0.4, 0.5) is 0 Å². The molecule has 0 aliphatic carbocycles. The molecule has 0 bridgehead atoms. The smallest absolute Gasteiger partial charge is 0.309 e. The van der Waals surface area contributed by atoms with E-state index in [0.29, 0.717) is 49.2 Å². The predicted molar refractivity (Wildman–Crippen MR) is 167 cm³/mol. The number of hydrogen-bond donors (Lipinski definition) is 0. The van der Waals surface area contributed by atoms with Crippen molar-refractivity contribution >= 4 is 11.9 Å². The molecule has 0 aromatic rings. The third-order valence-corrected chi connectivity index (χ3v) is 8.12. The molecule has 0 rings (SSSR count). The molecule has 4 nitrogen and oxygen atoms in total. The molecule has 0 aliphatic heterocycles. The minimum atomic E-state index is -0.0210. The van der Waals surface area contributed by atoms with Gasteiger partial charge >= 0.3 is 11.9 Å². The van der Waals surface area contributed by atoms with Gasteiger partial charge in [-0.3, -0.25) is 9.59 Å². The lowest BCUT2D eigenvalue weighted by atomic mass is 9.74. The Labute approximate surface area is 244 Å². The average molecular weight is 553 g/mol. The van der Waals surface area contributed by atoms with Crippen molar-refractivity contribution in [2.45, 2.75) is 165 Å². The van der Waals surface area contributed by atoms with Crippen LogP contribution in [0, 0.1) is 35.5 Å². The van der Waals surface area contributed by atoms with E-state index in [4.69, 9.17) is 9.47 Å². The van der Waals surface area contributed by atoms with Crippen molar-refractivity contribution in [3.8, 4) is 0 Å². The van der Waals surface area contributed by atoms with Gasteiger partial charge in [0.15, 0.2) is 0 Å². The van der Waals surface area contributed by atoms with Crippen LogP contribution in [0.1, 0.15) is 165 Å². The highest BCUT2D eigenvalue weighted by Gasteiger charge is 2.33. The number of hydrogen-bond acceptors (Lipinski definition) is 4. The molecule has 2 unspecified atom stereocenters. The topological polar surface area (TPSA) is 52.6 Å². The zero-order valence-corrected chi connectivity index (χ0v) is 27.5. The second-order valence-corrected chi connectivity index (χ2v) is 13.6. The lowest BCUT2D eigenvalue weighted by Gasteiger charge is -2.31. The minimum Gasteiger partial charge on any atom is -0.466 e. The monoisotopic (exact) mass is 553 g/mol. The first-order valence-corrected chi connectivity index (χ1v) is 16.9. The Morgan fingerprint density at radius 2 is 0.897 bits per heavy atom. The fraction of sp³-hybridized carbons (Fsp3) is 0.943. The van der Waals surface area contributed by atoms with Gasteiger partial charge < -0.3 is 9.47 Å². The van der Waals surface area contributed by atoms with Crippen molar-refractivity contribution < 1.29 is 19.1 Å². The molecular formula is C35H68O4. The van der Waals surface area contributed by atoms with Gasteiger partial charge in [-0.1, -0.05) is 132 Å². The molecule has 0 N–H and O–H groups in total. The second-order valence-electron chi connectivity index (χ2n) is 13.6. The van der Waals surface area contributed by atoms with E-state index in [2.05, 4.69) is 55.4 Å². The van der Waals surface area contributed by atoms with Crippen LogP contribution < -0.4 is 0 Å². The molecule has 0 aromatic heterocycles. The normalized spacial score (nSPS) is 13.4. The van der Waals surface area contributed by atoms with Crippen LogP contribution in [-0.4, -0.2) is 25.2 Å². The van der Waals surface area contributed by atoms with Crippen molar-refractivity contribution in [2.24, 2.45) is 35.5 Å². The first kappa shape index (κ1) is 37.9. The van der Waals surface area contributed by atoms with Gasteiger partial charge in [0.1, 0.15) is 0 Å². The van der Waals surface area contributed by atoms with Gasteiger partial charge in [-0.25, -0.2) is 0 Å². The van der Waals surface area contributed by atoms with Crippen molar-refractivity contribution in [1.29, 1.82) is 0 Å². The maximum absolute atomic E-state index is 12.9. The van der Waals surface area contributed by atoms with Crippen molar-refractivity contribution in [1.82, 2.24) is 0 Å². The van der Waals surface area contributed by atoms with Gasteiger partial charge in [-0.15, -0.1) is 0 Å². The van der Waals surface area contributed by atoms with Crippen molar-refractivity contribution in [2.75, 3.05) is 13.2 Å². The average Bonchev–Trinajstić information content (AvgIpc) is 2.84.